The van der Waals surface area contributed by atoms with Gasteiger partial charge in [-0.15, -0.1) is 11.3 Å². The van der Waals surface area contributed by atoms with Gasteiger partial charge in [-0.2, -0.15) is 4.98 Å². The highest BCUT2D eigenvalue weighted by atomic mass is 79.9. The van der Waals surface area contributed by atoms with Crippen LogP contribution in [-0.4, -0.2) is 10.1 Å². The van der Waals surface area contributed by atoms with Crippen LogP contribution in [0.4, 0.5) is 0 Å². The number of halogens is 1. The number of nitrogens with zero attached hydrogens (tertiary/aromatic N) is 2. The van der Waals surface area contributed by atoms with Gasteiger partial charge < -0.3 is 10.3 Å². The average molecular weight is 340 g/mol. The standard InChI is InChI=1S/C13H14BrN3OS/c14-10-5-3-9(19-10)4-6-11-16-12(17-18-11)13(15)7-1-2-8-13/h3-6H,1-2,7-8,15H2/b6-4+. The van der Waals surface area contributed by atoms with Gasteiger partial charge in [-0.3, -0.25) is 0 Å². The Morgan fingerprint density at radius 2 is 2.11 bits per heavy atom. The Kier molecular flexibility index (Phi) is 3.56. The number of thiophene rings is 1. The molecule has 2 heterocycles. The molecule has 1 fully saturated rings. The van der Waals surface area contributed by atoms with Crippen molar-refractivity contribution >= 4 is 39.4 Å². The van der Waals surface area contributed by atoms with E-state index in [2.05, 4.69) is 26.1 Å². The Balaban J connectivity index is 1.76. The molecular formula is C13H14BrN3OS. The summed E-state index contributed by atoms with van der Waals surface area (Å²) in [6, 6.07) is 4.04. The van der Waals surface area contributed by atoms with Crippen molar-refractivity contribution in [2.75, 3.05) is 0 Å². The van der Waals surface area contributed by atoms with Crippen LogP contribution in [0.25, 0.3) is 12.2 Å². The molecule has 3 rings (SSSR count). The van der Waals surface area contributed by atoms with Crippen molar-refractivity contribution in [2.24, 2.45) is 5.73 Å². The first-order valence-corrected chi connectivity index (χ1v) is 7.83. The van der Waals surface area contributed by atoms with E-state index in [-0.39, 0.29) is 5.54 Å². The van der Waals surface area contributed by atoms with E-state index in [0.717, 1.165) is 34.3 Å². The van der Waals surface area contributed by atoms with E-state index >= 15 is 0 Å². The summed E-state index contributed by atoms with van der Waals surface area (Å²) in [6.07, 6.45) is 7.94. The van der Waals surface area contributed by atoms with Crippen molar-refractivity contribution in [2.45, 2.75) is 31.2 Å². The van der Waals surface area contributed by atoms with Gasteiger partial charge in [-0.25, -0.2) is 0 Å². The van der Waals surface area contributed by atoms with Crippen molar-refractivity contribution in [3.05, 3.63) is 32.5 Å². The van der Waals surface area contributed by atoms with Gasteiger partial charge in [0.2, 0.25) is 0 Å². The van der Waals surface area contributed by atoms with Crippen LogP contribution in [0, 0.1) is 0 Å². The summed E-state index contributed by atoms with van der Waals surface area (Å²) >= 11 is 5.08. The molecule has 0 saturated heterocycles. The maximum atomic E-state index is 6.29. The molecule has 19 heavy (non-hydrogen) atoms. The number of hydrogen-bond acceptors (Lipinski definition) is 5. The van der Waals surface area contributed by atoms with Crippen molar-refractivity contribution < 1.29 is 4.52 Å². The van der Waals surface area contributed by atoms with Crippen LogP contribution in [0.1, 0.15) is 42.3 Å². The van der Waals surface area contributed by atoms with Gasteiger partial charge in [0, 0.05) is 11.0 Å². The third-order valence-electron chi connectivity index (χ3n) is 3.37. The third kappa shape index (κ3) is 2.80. The molecule has 0 radical (unpaired) electrons. The molecule has 1 aliphatic rings. The topological polar surface area (TPSA) is 64.9 Å². The first kappa shape index (κ1) is 13.0. The predicted octanol–water partition coefficient (Wildman–Crippen LogP) is 3.79. The van der Waals surface area contributed by atoms with Gasteiger partial charge in [0.1, 0.15) is 0 Å². The molecule has 100 valence electrons. The lowest BCUT2D eigenvalue weighted by molar-refractivity contribution is 0.364. The van der Waals surface area contributed by atoms with E-state index in [0.29, 0.717) is 11.7 Å². The van der Waals surface area contributed by atoms with E-state index in [1.807, 2.05) is 24.3 Å². The number of rotatable bonds is 3. The van der Waals surface area contributed by atoms with Gasteiger partial charge in [0.15, 0.2) is 5.82 Å². The van der Waals surface area contributed by atoms with E-state index in [1.54, 1.807) is 11.3 Å². The number of nitrogens with two attached hydrogens (primary N) is 1. The van der Waals surface area contributed by atoms with Crippen LogP contribution in [-0.2, 0) is 5.54 Å². The fourth-order valence-corrected chi connectivity index (χ4v) is 3.63. The molecule has 0 atom stereocenters. The maximum absolute atomic E-state index is 6.29. The molecule has 0 spiro atoms. The van der Waals surface area contributed by atoms with Crippen LogP contribution in [0.15, 0.2) is 20.4 Å². The molecule has 4 nitrogen and oxygen atoms in total. The Hall–Kier alpha value is -0.980. The van der Waals surface area contributed by atoms with Crippen LogP contribution < -0.4 is 5.73 Å². The van der Waals surface area contributed by atoms with Crippen LogP contribution in [0.3, 0.4) is 0 Å². The van der Waals surface area contributed by atoms with Crippen molar-refractivity contribution in [1.29, 1.82) is 0 Å². The zero-order valence-electron chi connectivity index (χ0n) is 10.3. The van der Waals surface area contributed by atoms with E-state index in [9.17, 15) is 0 Å². The molecule has 1 aliphatic carbocycles. The first-order valence-electron chi connectivity index (χ1n) is 6.22. The van der Waals surface area contributed by atoms with Crippen LogP contribution >= 0.6 is 27.3 Å². The van der Waals surface area contributed by atoms with Gasteiger partial charge in [0.25, 0.3) is 5.89 Å². The summed E-state index contributed by atoms with van der Waals surface area (Å²) in [7, 11) is 0. The fourth-order valence-electron chi connectivity index (χ4n) is 2.31. The Labute approximate surface area is 123 Å². The largest absolute Gasteiger partial charge is 0.335 e. The Bertz CT molecular complexity index is 599. The Morgan fingerprint density at radius 3 is 2.79 bits per heavy atom. The van der Waals surface area contributed by atoms with Crippen molar-refractivity contribution in [1.82, 2.24) is 10.1 Å². The molecule has 2 aromatic heterocycles. The molecule has 2 aromatic rings. The normalized spacial score (nSPS) is 18.4. The van der Waals surface area contributed by atoms with Crippen LogP contribution in [0.5, 0.6) is 0 Å². The molecule has 0 unspecified atom stereocenters. The second-order valence-electron chi connectivity index (χ2n) is 4.79. The molecule has 0 aliphatic heterocycles. The van der Waals surface area contributed by atoms with Gasteiger partial charge >= 0.3 is 0 Å². The Morgan fingerprint density at radius 1 is 1.32 bits per heavy atom. The highest BCUT2D eigenvalue weighted by Gasteiger charge is 2.35. The molecule has 2 N–H and O–H groups in total. The van der Waals surface area contributed by atoms with Crippen LogP contribution in [0.2, 0.25) is 0 Å². The fraction of sp³-hybridized carbons (Fsp3) is 0.385. The molecule has 0 aromatic carbocycles. The summed E-state index contributed by atoms with van der Waals surface area (Å²) < 4.78 is 6.34. The summed E-state index contributed by atoms with van der Waals surface area (Å²) in [5.41, 5.74) is 5.90. The maximum Gasteiger partial charge on any atom is 0.250 e. The van der Waals surface area contributed by atoms with Crippen molar-refractivity contribution in [3.63, 3.8) is 0 Å². The lowest BCUT2D eigenvalue weighted by Gasteiger charge is -2.17. The van der Waals surface area contributed by atoms with Gasteiger partial charge in [0.05, 0.1) is 9.33 Å². The summed E-state index contributed by atoms with van der Waals surface area (Å²) in [5.74, 6) is 1.15. The number of aromatic nitrogens is 2. The van der Waals surface area contributed by atoms with E-state index < -0.39 is 0 Å². The SMILES string of the molecule is NC1(c2noc(/C=C/c3ccc(Br)s3)n2)CCCC1. The summed E-state index contributed by atoms with van der Waals surface area (Å²) in [5, 5.41) is 4.02. The highest BCUT2D eigenvalue weighted by molar-refractivity contribution is 9.11. The minimum absolute atomic E-state index is 0.387. The quantitative estimate of drug-likeness (QED) is 0.923. The first-order chi connectivity index (χ1) is 9.16. The smallest absolute Gasteiger partial charge is 0.250 e. The van der Waals surface area contributed by atoms with Gasteiger partial charge in [-0.1, -0.05) is 18.0 Å². The molecule has 0 amide bonds. The molecule has 6 heteroatoms. The predicted molar refractivity (Wildman–Crippen MR) is 79.6 cm³/mol. The van der Waals surface area contributed by atoms with E-state index in [4.69, 9.17) is 10.3 Å². The minimum atomic E-state index is -0.387. The minimum Gasteiger partial charge on any atom is -0.335 e. The lowest BCUT2D eigenvalue weighted by atomic mass is 9.99. The second-order valence-corrected chi connectivity index (χ2v) is 7.29. The molecule has 1 saturated carbocycles. The van der Waals surface area contributed by atoms with E-state index in [1.165, 1.54) is 0 Å². The molecular weight excluding hydrogens is 326 g/mol. The second kappa shape index (κ2) is 5.19. The zero-order valence-corrected chi connectivity index (χ0v) is 12.7. The summed E-state index contributed by atoms with van der Waals surface area (Å²) in [4.78, 5) is 5.52. The van der Waals surface area contributed by atoms with Gasteiger partial charge in [-0.05, 0) is 47.0 Å². The third-order valence-corrected chi connectivity index (χ3v) is 4.96. The average Bonchev–Trinajstić information content (AvgIpc) is 3.08. The lowest BCUT2D eigenvalue weighted by Crippen LogP contribution is -2.34. The monoisotopic (exact) mass is 339 g/mol. The molecule has 0 bridgehead atoms. The number of hydrogen-bond donors (Lipinski definition) is 1. The summed E-state index contributed by atoms with van der Waals surface area (Å²) in [6.45, 7) is 0. The zero-order chi connectivity index (χ0) is 13.3. The highest BCUT2D eigenvalue weighted by Crippen LogP contribution is 2.34. The van der Waals surface area contributed by atoms with Crippen molar-refractivity contribution in [3.8, 4) is 0 Å².